The van der Waals surface area contributed by atoms with E-state index < -0.39 is 0 Å². The van der Waals surface area contributed by atoms with Crippen LogP contribution in [-0.4, -0.2) is 43.5 Å². The first kappa shape index (κ1) is 14.9. The fourth-order valence-corrected chi connectivity index (χ4v) is 2.56. The van der Waals surface area contributed by atoms with Crippen molar-refractivity contribution >= 4 is 11.6 Å². The molecule has 110 valence electrons. The highest BCUT2D eigenvalue weighted by Crippen LogP contribution is 2.12. The topological polar surface area (TPSA) is 44.4 Å². The molecule has 4 nitrogen and oxygen atoms in total. The van der Waals surface area contributed by atoms with Crippen LogP contribution in [0.5, 0.6) is 0 Å². The zero-order valence-corrected chi connectivity index (χ0v) is 11.9. The number of nitrogens with zero attached hydrogens (tertiary/aromatic N) is 1. The van der Waals surface area contributed by atoms with E-state index in [1.54, 1.807) is 12.1 Å². The SMILES string of the molecule is CN(CC(=O)Nc1cccc(F)c1)C1CCCNCC1. The Labute approximate surface area is 119 Å². The maximum Gasteiger partial charge on any atom is 0.238 e. The molecular weight excluding hydrogens is 257 g/mol. The van der Waals surface area contributed by atoms with Crippen LogP contribution in [-0.2, 0) is 4.79 Å². The van der Waals surface area contributed by atoms with Crippen LogP contribution in [0.4, 0.5) is 10.1 Å². The van der Waals surface area contributed by atoms with E-state index in [0.717, 1.165) is 32.4 Å². The van der Waals surface area contributed by atoms with Crippen LogP contribution >= 0.6 is 0 Å². The standard InChI is InChI=1S/C15H22FN3O/c1-19(14-6-3-8-17-9-7-14)11-15(20)18-13-5-2-4-12(16)10-13/h2,4-5,10,14,17H,3,6-9,11H2,1H3,(H,18,20). The van der Waals surface area contributed by atoms with Crippen molar-refractivity contribution in [2.24, 2.45) is 0 Å². The molecular formula is C15H22FN3O. The van der Waals surface area contributed by atoms with Gasteiger partial charge in [0.25, 0.3) is 0 Å². The number of hydrogen-bond acceptors (Lipinski definition) is 3. The van der Waals surface area contributed by atoms with Crippen LogP contribution in [0, 0.1) is 5.82 Å². The first-order chi connectivity index (χ1) is 9.65. The van der Waals surface area contributed by atoms with Gasteiger partial charge in [-0.15, -0.1) is 0 Å². The van der Waals surface area contributed by atoms with Gasteiger partial charge < -0.3 is 10.6 Å². The monoisotopic (exact) mass is 279 g/mol. The fourth-order valence-electron chi connectivity index (χ4n) is 2.56. The second-order valence-electron chi connectivity index (χ2n) is 5.31. The largest absolute Gasteiger partial charge is 0.325 e. The smallest absolute Gasteiger partial charge is 0.238 e. The Morgan fingerprint density at radius 2 is 2.30 bits per heavy atom. The molecule has 1 aromatic carbocycles. The minimum Gasteiger partial charge on any atom is -0.325 e. The molecule has 0 aliphatic carbocycles. The molecule has 5 heteroatoms. The average Bonchev–Trinajstić information content (AvgIpc) is 2.67. The van der Waals surface area contributed by atoms with Gasteiger partial charge in [-0.1, -0.05) is 6.07 Å². The Balaban J connectivity index is 1.84. The van der Waals surface area contributed by atoms with E-state index in [0.29, 0.717) is 18.3 Å². The van der Waals surface area contributed by atoms with Gasteiger partial charge in [-0.25, -0.2) is 4.39 Å². The van der Waals surface area contributed by atoms with Crippen molar-refractivity contribution in [2.45, 2.75) is 25.3 Å². The number of anilines is 1. The molecule has 0 saturated carbocycles. The second kappa shape index (κ2) is 7.36. The summed E-state index contributed by atoms with van der Waals surface area (Å²) in [6.07, 6.45) is 3.31. The number of carbonyl (C=O) groups excluding carboxylic acids is 1. The average molecular weight is 279 g/mol. The van der Waals surface area contributed by atoms with Crippen molar-refractivity contribution in [2.75, 3.05) is 32.0 Å². The molecule has 1 aliphatic rings. The number of amides is 1. The molecule has 2 rings (SSSR count). The number of benzene rings is 1. The third-order valence-corrected chi connectivity index (χ3v) is 3.67. The summed E-state index contributed by atoms with van der Waals surface area (Å²) in [5.74, 6) is -0.443. The lowest BCUT2D eigenvalue weighted by atomic mass is 10.1. The molecule has 0 spiro atoms. The Morgan fingerprint density at radius 1 is 1.45 bits per heavy atom. The van der Waals surface area contributed by atoms with Gasteiger partial charge in [-0.3, -0.25) is 9.69 Å². The van der Waals surface area contributed by atoms with Crippen molar-refractivity contribution in [3.8, 4) is 0 Å². The Bertz CT molecular complexity index is 444. The van der Waals surface area contributed by atoms with E-state index in [1.807, 2.05) is 7.05 Å². The molecule has 0 radical (unpaired) electrons. The van der Waals surface area contributed by atoms with Crippen molar-refractivity contribution in [3.05, 3.63) is 30.1 Å². The highest BCUT2D eigenvalue weighted by molar-refractivity contribution is 5.92. The zero-order valence-electron chi connectivity index (χ0n) is 11.9. The van der Waals surface area contributed by atoms with Gasteiger partial charge in [0.15, 0.2) is 0 Å². The van der Waals surface area contributed by atoms with Gasteiger partial charge in [0.05, 0.1) is 6.54 Å². The Morgan fingerprint density at radius 3 is 3.10 bits per heavy atom. The van der Waals surface area contributed by atoms with E-state index in [1.165, 1.54) is 12.1 Å². The summed E-state index contributed by atoms with van der Waals surface area (Å²) in [7, 11) is 1.97. The summed E-state index contributed by atoms with van der Waals surface area (Å²) in [5.41, 5.74) is 0.505. The summed E-state index contributed by atoms with van der Waals surface area (Å²) >= 11 is 0. The van der Waals surface area contributed by atoms with Gasteiger partial charge in [0.2, 0.25) is 5.91 Å². The summed E-state index contributed by atoms with van der Waals surface area (Å²) in [5, 5.41) is 6.09. The maximum atomic E-state index is 13.0. The second-order valence-corrected chi connectivity index (χ2v) is 5.31. The van der Waals surface area contributed by atoms with Gasteiger partial charge in [0, 0.05) is 11.7 Å². The molecule has 0 bridgehead atoms. The molecule has 2 N–H and O–H groups in total. The van der Waals surface area contributed by atoms with Crippen LogP contribution in [0.15, 0.2) is 24.3 Å². The van der Waals surface area contributed by atoms with Crippen molar-refractivity contribution in [1.29, 1.82) is 0 Å². The van der Waals surface area contributed by atoms with Crippen LogP contribution in [0.25, 0.3) is 0 Å². The Kier molecular flexibility index (Phi) is 5.49. The summed E-state index contributed by atoms with van der Waals surface area (Å²) in [6.45, 7) is 2.39. The van der Waals surface area contributed by atoms with Crippen LogP contribution in [0.3, 0.4) is 0 Å². The molecule has 1 heterocycles. The number of rotatable bonds is 4. The van der Waals surface area contributed by atoms with E-state index >= 15 is 0 Å². The van der Waals surface area contributed by atoms with E-state index in [9.17, 15) is 9.18 Å². The molecule has 1 fully saturated rings. The molecule has 1 aromatic rings. The highest BCUT2D eigenvalue weighted by Gasteiger charge is 2.18. The lowest BCUT2D eigenvalue weighted by molar-refractivity contribution is -0.117. The molecule has 20 heavy (non-hydrogen) atoms. The van der Waals surface area contributed by atoms with E-state index in [-0.39, 0.29) is 11.7 Å². The van der Waals surface area contributed by atoms with Gasteiger partial charge in [-0.05, 0) is 57.6 Å². The summed E-state index contributed by atoms with van der Waals surface area (Å²) < 4.78 is 13.0. The lowest BCUT2D eigenvalue weighted by Crippen LogP contribution is -2.38. The fraction of sp³-hybridized carbons (Fsp3) is 0.533. The predicted molar refractivity (Wildman–Crippen MR) is 78.2 cm³/mol. The van der Waals surface area contributed by atoms with Gasteiger partial charge >= 0.3 is 0 Å². The van der Waals surface area contributed by atoms with Crippen LogP contribution in [0.2, 0.25) is 0 Å². The van der Waals surface area contributed by atoms with E-state index in [2.05, 4.69) is 15.5 Å². The Hall–Kier alpha value is -1.46. The number of halogens is 1. The summed E-state index contributed by atoms with van der Waals surface area (Å²) in [6, 6.07) is 6.40. The molecule has 1 amide bonds. The molecule has 1 atom stereocenters. The first-order valence-corrected chi connectivity index (χ1v) is 7.11. The minimum absolute atomic E-state index is 0.102. The first-order valence-electron chi connectivity index (χ1n) is 7.11. The van der Waals surface area contributed by atoms with E-state index in [4.69, 9.17) is 0 Å². The highest BCUT2D eigenvalue weighted by atomic mass is 19.1. The van der Waals surface area contributed by atoms with Gasteiger partial charge in [-0.2, -0.15) is 0 Å². The number of likely N-dealkylation sites (N-methyl/N-ethyl adjacent to an activating group) is 1. The third-order valence-electron chi connectivity index (χ3n) is 3.67. The van der Waals surface area contributed by atoms with Gasteiger partial charge in [0.1, 0.15) is 5.82 Å². The van der Waals surface area contributed by atoms with Crippen molar-refractivity contribution < 1.29 is 9.18 Å². The summed E-state index contributed by atoms with van der Waals surface area (Å²) in [4.78, 5) is 14.1. The molecule has 1 saturated heterocycles. The quantitative estimate of drug-likeness (QED) is 0.884. The number of carbonyl (C=O) groups is 1. The predicted octanol–water partition coefficient (Wildman–Crippen LogP) is 1.84. The zero-order chi connectivity index (χ0) is 14.4. The molecule has 1 unspecified atom stereocenters. The molecule has 1 aliphatic heterocycles. The number of hydrogen-bond donors (Lipinski definition) is 2. The molecule has 0 aromatic heterocycles. The van der Waals surface area contributed by atoms with Crippen LogP contribution < -0.4 is 10.6 Å². The van der Waals surface area contributed by atoms with Crippen molar-refractivity contribution in [3.63, 3.8) is 0 Å². The lowest BCUT2D eigenvalue weighted by Gasteiger charge is -2.26. The minimum atomic E-state index is -0.342. The normalized spacial score (nSPS) is 19.6. The third kappa shape index (κ3) is 4.58. The maximum absolute atomic E-state index is 13.0. The van der Waals surface area contributed by atoms with Crippen molar-refractivity contribution in [1.82, 2.24) is 10.2 Å². The van der Waals surface area contributed by atoms with Crippen LogP contribution in [0.1, 0.15) is 19.3 Å². The number of nitrogens with one attached hydrogen (secondary N) is 2.